The predicted octanol–water partition coefficient (Wildman–Crippen LogP) is 10.7. The second-order valence-corrected chi connectivity index (χ2v) is 34.3. The van der Waals surface area contributed by atoms with Crippen LogP contribution in [0, 0.1) is 24.9 Å². The second kappa shape index (κ2) is 48.9. The van der Waals surface area contributed by atoms with E-state index in [9.17, 15) is 45.0 Å². The zero-order chi connectivity index (χ0) is 80.5. The van der Waals surface area contributed by atoms with Crippen molar-refractivity contribution in [2.24, 2.45) is 9.54 Å². The Morgan fingerprint density at radius 3 is 0.963 bits per heavy atom. The largest absolute Gasteiger partial charge is 2.00 e. The average Bonchev–Trinajstić information content (AvgIpc) is 0.777. The zero-order valence-corrected chi connectivity index (χ0v) is 72.1. The zero-order valence-electron chi connectivity index (χ0n) is 67.4. The van der Waals surface area contributed by atoms with Crippen molar-refractivity contribution >= 4 is 104 Å². The summed E-state index contributed by atoms with van der Waals surface area (Å²) in [6.45, 7) is 51.1. The van der Waals surface area contributed by atoms with E-state index >= 15 is 0 Å². The van der Waals surface area contributed by atoms with Crippen molar-refractivity contribution in [1.29, 1.82) is 0 Å². The van der Waals surface area contributed by atoms with Crippen LogP contribution >= 0.6 is 0 Å². The SMILES string of the molecule is CC(C)(C)[S@@](N)=O.CC(C)(C)[S@](=O)N=C(c1ccc(F)cc1)c1cnc(N)nc1.CC(C)(C)[S@](=O)N[C@@](C)(c1ccc(F)cc1)c1cnc(N)nc1.CCN(CC)C(=O)OC(C)(C)C.CCN(CC)C(=O)OC(C)(C)C.CCN(CC)C(=O)OC(C)(C)C.Nc1ncc(C(=O)c2ccc(F)cc2)cn1.[CH3-].[Cl-].[Mg+2]. The fourth-order valence-electron chi connectivity index (χ4n) is 7.21. The van der Waals surface area contributed by atoms with Crippen LogP contribution in [0.4, 0.5) is 45.4 Å². The fraction of sp³-hybridized carbons (Fsp3) is 0.514. The van der Waals surface area contributed by atoms with Crippen molar-refractivity contribution in [3.8, 4) is 0 Å². The number of nitrogen functional groups attached to an aromatic ring is 3. The minimum Gasteiger partial charge on any atom is -1.00 e. The number of carbonyl (C=O) groups is 4. The molecular weight excluding hydrogens is 1470 g/mol. The van der Waals surface area contributed by atoms with Gasteiger partial charge in [-0.15, -0.1) is 0 Å². The van der Waals surface area contributed by atoms with E-state index in [4.69, 9.17) is 36.6 Å². The first kappa shape index (κ1) is 106. The monoisotopic (exact) mass is 1590 g/mol. The first-order chi connectivity index (χ1) is 47.7. The molecule has 6 aromatic rings. The molecule has 3 amide bonds. The number of aromatic nitrogens is 6. The van der Waals surface area contributed by atoms with Gasteiger partial charge in [0.15, 0.2) is 5.78 Å². The predicted molar refractivity (Wildman–Crippen MR) is 425 cm³/mol. The maximum Gasteiger partial charge on any atom is 2.00 e. The van der Waals surface area contributed by atoms with Crippen molar-refractivity contribution in [1.82, 2.24) is 49.3 Å². The molecule has 9 N–H and O–H groups in total. The molecule has 0 aliphatic rings. The van der Waals surface area contributed by atoms with Crippen molar-refractivity contribution in [2.45, 2.75) is 210 Å². The number of rotatable bonds is 15. The average molecular weight is 1590 g/mol. The van der Waals surface area contributed by atoms with Gasteiger partial charge in [0.2, 0.25) is 17.8 Å². The summed E-state index contributed by atoms with van der Waals surface area (Å²) in [5, 5.41) is 5.04. The molecule has 0 aliphatic carbocycles. The van der Waals surface area contributed by atoms with E-state index in [1.54, 1.807) is 51.4 Å². The molecule has 0 spiro atoms. The van der Waals surface area contributed by atoms with Gasteiger partial charge < -0.3 is 65.9 Å². The van der Waals surface area contributed by atoms with Gasteiger partial charge in [0.05, 0.1) is 53.0 Å². The van der Waals surface area contributed by atoms with Gasteiger partial charge in [-0.25, -0.2) is 74.8 Å². The number of ketones is 1. The third-order valence-corrected chi connectivity index (χ3v) is 17.5. The van der Waals surface area contributed by atoms with Crippen molar-refractivity contribution < 1.29 is 71.6 Å². The Hall–Kier alpha value is -7.33. The van der Waals surface area contributed by atoms with Gasteiger partial charge in [0.1, 0.15) is 45.2 Å². The van der Waals surface area contributed by atoms with Crippen LogP contribution in [-0.4, -0.2) is 180 Å². The number of nitrogens with two attached hydrogens (primary N) is 4. The van der Waals surface area contributed by atoms with Crippen molar-refractivity contribution in [3.05, 3.63) is 168 Å². The first-order valence-electron chi connectivity index (χ1n) is 33.6. The summed E-state index contributed by atoms with van der Waals surface area (Å²) in [6, 6.07) is 17.1. The summed E-state index contributed by atoms with van der Waals surface area (Å²) < 4.78 is 96.1. The minimum atomic E-state index is -1.47. The summed E-state index contributed by atoms with van der Waals surface area (Å²) in [7, 11) is -4.00. The Morgan fingerprint density at radius 1 is 0.430 bits per heavy atom. The molecule has 0 fully saturated rings. The van der Waals surface area contributed by atoms with E-state index in [-0.39, 0.29) is 124 Å². The van der Waals surface area contributed by atoms with E-state index in [0.717, 1.165) is 5.56 Å². The molecule has 3 heterocycles. The third kappa shape index (κ3) is 42.9. The number of ether oxygens (including phenoxy) is 3. The maximum atomic E-state index is 13.3. The summed E-state index contributed by atoms with van der Waals surface area (Å²) in [6.07, 6.45) is 8.17. The summed E-state index contributed by atoms with van der Waals surface area (Å²) >= 11 is 0. The molecule has 4 atom stereocenters. The minimum absolute atomic E-state index is 0. The second-order valence-electron chi connectivity index (χ2n) is 28.6. The fourth-order valence-corrected chi connectivity index (χ4v) is 8.77. The summed E-state index contributed by atoms with van der Waals surface area (Å²) in [4.78, 5) is 74.1. The van der Waals surface area contributed by atoms with Crippen LogP contribution in [0.2, 0.25) is 0 Å². The first-order valence-corrected chi connectivity index (χ1v) is 37.0. The van der Waals surface area contributed by atoms with E-state index in [2.05, 4.69) is 39.0 Å². The Morgan fingerprint density at radius 2 is 0.701 bits per heavy atom. The standard InChI is InChI=1S/C16H21FN4OS.C15H17FN4OS.C11H8FN3O.3C9H19NO2.C4H11NOS.CH3.ClH.Mg/c1-15(2,3)23(22)21-16(4,11-5-7-13(17)8-6-11)12-9-19-14(18)20-10-12;1-15(2,3)22(21)20-13(10-4-6-12(16)7-5-10)11-8-18-14(17)19-9-11;12-9-3-1-7(2-4-9)10(16)8-5-14-11(13)15-6-8;3*1-6-10(7-2)8(11)12-9(3,4)5;1-4(2,3)7(5)6;;;/h5-10,21H,1-4H3,(H2,18,19,20);4-9H,1-3H3,(H2,17,18,19);1-6H,(H2,13,14,15);3*6-7H2,1-5H3;5H2,1-3H3;1H3;1H;/q;;;;;;;-1;;+2/p-1/t16-,23-;22-;;;;;7-;;;/m00....0.../s1. The molecule has 596 valence electrons. The number of nitrogens with one attached hydrogen (secondary N) is 1. The van der Waals surface area contributed by atoms with E-state index < -0.39 is 48.0 Å². The topological polar surface area (TPSA) is 363 Å². The third-order valence-electron chi connectivity index (χ3n) is 13.2. The number of benzene rings is 3. The Balaban J connectivity index is -0.000000592. The van der Waals surface area contributed by atoms with Crippen molar-refractivity contribution in [3.63, 3.8) is 0 Å². The number of hydrogen-bond acceptors (Lipinski definition) is 19. The molecule has 0 aliphatic heterocycles. The molecule has 6 rings (SSSR count). The smallest absolute Gasteiger partial charge is 1.00 e. The number of hydrogen-bond donors (Lipinski definition) is 5. The van der Waals surface area contributed by atoms with Crippen LogP contribution in [0.3, 0.4) is 0 Å². The van der Waals surface area contributed by atoms with Gasteiger partial charge >= 0.3 is 41.3 Å². The van der Waals surface area contributed by atoms with Crippen LogP contribution in [0.5, 0.6) is 0 Å². The number of carbonyl (C=O) groups excluding carboxylic acids is 4. The molecule has 33 heteroatoms. The summed E-state index contributed by atoms with van der Waals surface area (Å²) in [5.41, 5.74) is 18.1. The molecular formula is C74H117ClF3MgN15O10S3. The van der Waals surface area contributed by atoms with Crippen LogP contribution in [0.1, 0.15) is 211 Å². The number of halogens is 4. The molecule has 3 aromatic heterocycles. The van der Waals surface area contributed by atoms with Crippen LogP contribution < -0.4 is 39.5 Å². The van der Waals surface area contributed by atoms with E-state index in [1.165, 1.54) is 73.3 Å². The Labute approximate surface area is 664 Å². The molecule has 0 radical (unpaired) electrons. The molecule has 0 saturated carbocycles. The van der Waals surface area contributed by atoms with Crippen molar-refractivity contribution in [2.75, 3.05) is 56.5 Å². The molecule has 0 unspecified atom stereocenters. The van der Waals surface area contributed by atoms with Gasteiger partial charge in [-0.05, 0) is 239 Å². The summed E-state index contributed by atoms with van der Waals surface area (Å²) in [5.74, 6) is -0.928. The Bertz CT molecular complexity index is 3450. The molecule has 0 bridgehead atoms. The number of nitrogens with zero attached hydrogens (tertiary/aromatic N) is 10. The quantitative estimate of drug-likeness (QED) is 0.0210. The molecule has 0 saturated heterocycles. The number of anilines is 3. The van der Waals surface area contributed by atoms with Gasteiger partial charge in [-0.1, -0.05) is 12.1 Å². The Kier molecular flexibility index (Phi) is 48.5. The van der Waals surface area contributed by atoms with Gasteiger partial charge in [0, 0.05) is 98.7 Å². The van der Waals surface area contributed by atoms with Crippen LogP contribution in [-0.2, 0) is 52.7 Å². The van der Waals surface area contributed by atoms with Crippen LogP contribution in [0.25, 0.3) is 0 Å². The number of amides is 3. The van der Waals surface area contributed by atoms with E-state index in [0.29, 0.717) is 72.8 Å². The normalized spacial score (nSPS) is 12.6. The van der Waals surface area contributed by atoms with Gasteiger partial charge in [-0.3, -0.25) is 9.93 Å². The van der Waals surface area contributed by atoms with E-state index in [1.807, 2.05) is 173 Å². The van der Waals surface area contributed by atoms with Gasteiger partial charge in [-0.2, -0.15) is 4.40 Å². The molecule has 25 nitrogen and oxygen atoms in total. The molecule has 3 aromatic carbocycles. The van der Waals surface area contributed by atoms with Gasteiger partial charge in [0.25, 0.3) is 0 Å². The van der Waals surface area contributed by atoms with Crippen LogP contribution in [0.15, 0.2) is 114 Å². The maximum absolute atomic E-state index is 13.3. The molecule has 107 heavy (non-hydrogen) atoms.